The first-order valence-electron chi connectivity index (χ1n) is 5.15. The van der Waals surface area contributed by atoms with Crippen LogP contribution in [0.15, 0.2) is 0 Å². The number of hydrogen-bond acceptors (Lipinski definition) is 2. The van der Waals surface area contributed by atoms with E-state index in [0.717, 1.165) is 25.7 Å². The summed E-state index contributed by atoms with van der Waals surface area (Å²) in [6.07, 6.45) is 4.27. The highest BCUT2D eigenvalue weighted by molar-refractivity contribution is 4.79. The first-order chi connectivity index (χ1) is 5.84. The van der Waals surface area contributed by atoms with Crippen molar-refractivity contribution in [2.24, 2.45) is 5.92 Å². The Morgan fingerprint density at radius 3 is 2.75 bits per heavy atom. The van der Waals surface area contributed by atoms with Crippen LogP contribution in [-0.4, -0.2) is 25.8 Å². The molecule has 0 spiro atoms. The molecule has 1 aliphatic carbocycles. The highest BCUT2D eigenvalue weighted by Gasteiger charge is 2.22. The van der Waals surface area contributed by atoms with E-state index < -0.39 is 0 Å². The zero-order valence-electron chi connectivity index (χ0n) is 8.31. The van der Waals surface area contributed by atoms with Gasteiger partial charge in [0.1, 0.15) is 0 Å². The van der Waals surface area contributed by atoms with Gasteiger partial charge in [-0.3, -0.25) is 0 Å². The zero-order chi connectivity index (χ0) is 8.81. The third-order valence-electron chi connectivity index (χ3n) is 2.77. The third-order valence-corrected chi connectivity index (χ3v) is 2.77. The molecule has 0 aromatic carbocycles. The Morgan fingerprint density at radius 2 is 2.25 bits per heavy atom. The smallest absolute Gasteiger partial charge is 0.0590 e. The second-order valence-corrected chi connectivity index (χ2v) is 3.63. The molecule has 1 fully saturated rings. The molecule has 0 bridgehead atoms. The van der Waals surface area contributed by atoms with Crippen molar-refractivity contribution in [1.82, 2.24) is 5.32 Å². The fraction of sp³-hybridized carbons (Fsp3) is 1.00. The molecule has 1 saturated carbocycles. The van der Waals surface area contributed by atoms with Crippen LogP contribution in [0.4, 0.5) is 0 Å². The Hall–Kier alpha value is -0.0800. The maximum Gasteiger partial charge on any atom is 0.0590 e. The minimum absolute atomic E-state index is 0.694. The van der Waals surface area contributed by atoms with Gasteiger partial charge < -0.3 is 10.1 Å². The average molecular weight is 171 g/mol. The molecule has 0 heterocycles. The van der Waals surface area contributed by atoms with Gasteiger partial charge in [0.05, 0.1) is 6.61 Å². The highest BCUT2D eigenvalue weighted by atomic mass is 16.5. The summed E-state index contributed by atoms with van der Waals surface area (Å²) in [4.78, 5) is 0. The summed E-state index contributed by atoms with van der Waals surface area (Å²) in [5.41, 5.74) is 0. The van der Waals surface area contributed by atoms with Crippen LogP contribution in [0.2, 0.25) is 0 Å². The van der Waals surface area contributed by atoms with E-state index in [1.807, 2.05) is 6.92 Å². The summed E-state index contributed by atoms with van der Waals surface area (Å²) in [5, 5.41) is 3.49. The summed E-state index contributed by atoms with van der Waals surface area (Å²) >= 11 is 0. The maximum absolute atomic E-state index is 5.25. The van der Waals surface area contributed by atoms with E-state index in [1.54, 1.807) is 0 Å². The summed E-state index contributed by atoms with van der Waals surface area (Å²) in [6.45, 7) is 7.02. The van der Waals surface area contributed by atoms with Gasteiger partial charge in [-0.25, -0.2) is 0 Å². The molecule has 0 saturated heterocycles. The van der Waals surface area contributed by atoms with Crippen LogP contribution in [0.1, 0.15) is 33.1 Å². The lowest BCUT2D eigenvalue weighted by molar-refractivity contribution is 0.140. The van der Waals surface area contributed by atoms with Crippen LogP contribution in [0, 0.1) is 5.92 Å². The molecule has 0 aromatic heterocycles. The monoisotopic (exact) mass is 171 g/mol. The van der Waals surface area contributed by atoms with Crippen LogP contribution >= 0.6 is 0 Å². The molecular formula is C10H21NO. The van der Waals surface area contributed by atoms with E-state index in [1.165, 1.54) is 19.3 Å². The normalized spacial score (nSPS) is 20.5. The molecule has 2 nitrogen and oxygen atoms in total. The fourth-order valence-corrected chi connectivity index (χ4v) is 1.61. The molecule has 0 amide bonds. The fourth-order valence-electron chi connectivity index (χ4n) is 1.61. The standard InChI is InChI=1S/C10H21NO/c1-3-12-8-7-11-9(2)10-5-4-6-10/h9-11H,3-8H2,1-2H3. The minimum Gasteiger partial charge on any atom is -0.380 e. The first kappa shape index (κ1) is 10.0. The molecule has 1 unspecified atom stereocenters. The molecule has 1 N–H and O–H groups in total. The highest BCUT2D eigenvalue weighted by Crippen LogP contribution is 2.29. The summed E-state index contributed by atoms with van der Waals surface area (Å²) in [7, 11) is 0. The van der Waals surface area contributed by atoms with Gasteiger partial charge in [0.2, 0.25) is 0 Å². The molecular weight excluding hydrogens is 150 g/mol. The second-order valence-electron chi connectivity index (χ2n) is 3.63. The zero-order valence-corrected chi connectivity index (χ0v) is 8.31. The predicted molar refractivity (Wildman–Crippen MR) is 51.3 cm³/mol. The summed E-state index contributed by atoms with van der Waals surface area (Å²) < 4.78 is 5.25. The summed E-state index contributed by atoms with van der Waals surface area (Å²) in [6, 6.07) is 0.694. The Bertz CT molecular complexity index is 112. The lowest BCUT2D eigenvalue weighted by Crippen LogP contribution is -2.38. The predicted octanol–water partition coefficient (Wildman–Crippen LogP) is 1.80. The molecule has 0 radical (unpaired) electrons. The van der Waals surface area contributed by atoms with Crippen LogP contribution in [0.5, 0.6) is 0 Å². The van der Waals surface area contributed by atoms with Crippen LogP contribution < -0.4 is 5.32 Å². The molecule has 2 heteroatoms. The molecule has 1 aliphatic rings. The van der Waals surface area contributed by atoms with E-state index in [4.69, 9.17) is 4.74 Å². The Labute approximate surface area is 75.7 Å². The van der Waals surface area contributed by atoms with Crippen molar-refractivity contribution in [3.63, 3.8) is 0 Å². The number of rotatable bonds is 6. The number of hydrogen-bond donors (Lipinski definition) is 1. The van der Waals surface area contributed by atoms with Gasteiger partial charge in [0.15, 0.2) is 0 Å². The minimum atomic E-state index is 0.694. The van der Waals surface area contributed by atoms with Crippen LogP contribution in [0.25, 0.3) is 0 Å². The van der Waals surface area contributed by atoms with Gasteiger partial charge in [-0.2, -0.15) is 0 Å². The molecule has 12 heavy (non-hydrogen) atoms. The maximum atomic E-state index is 5.25. The van der Waals surface area contributed by atoms with Crippen molar-refractivity contribution in [2.75, 3.05) is 19.8 Å². The van der Waals surface area contributed by atoms with E-state index in [9.17, 15) is 0 Å². The lowest BCUT2D eigenvalue weighted by atomic mass is 9.80. The Kier molecular flexibility index (Phi) is 4.62. The topological polar surface area (TPSA) is 21.3 Å². The van der Waals surface area contributed by atoms with Gasteiger partial charge in [-0.1, -0.05) is 6.42 Å². The summed E-state index contributed by atoms with van der Waals surface area (Å²) in [5.74, 6) is 0.937. The number of nitrogens with one attached hydrogen (secondary N) is 1. The van der Waals surface area contributed by atoms with E-state index >= 15 is 0 Å². The van der Waals surface area contributed by atoms with Crippen molar-refractivity contribution in [3.05, 3.63) is 0 Å². The SMILES string of the molecule is CCOCCNC(C)C1CCC1. The van der Waals surface area contributed by atoms with Crippen molar-refractivity contribution in [3.8, 4) is 0 Å². The lowest BCUT2D eigenvalue weighted by Gasteiger charge is -2.32. The Balaban J connectivity index is 1.91. The van der Waals surface area contributed by atoms with Crippen LogP contribution in [-0.2, 0) is 4.74 Å². The Morgan fingerprint density at radius 1 is 1.50 bits per heavy atom. The quantitative estimate of drug-likeness (QED) is 0.615. The first-order valence-corrected chi connectivity index (χ1v) is 5.15. The van der Waals surface area contributed by atoms with Gasteiger partial charge >= 0.3 is 0 Å². The van der Waals surface area contributed by atoms with Crippen molar-refractivity contribution in [1.29, 1.82) is 0 Å². The van der Waals surface area contributed by atoms with E-state index in [0.29, 0.717) is 6.04 Å². The average Bonchev–Trinajstić information content (AvgIpc) is 1.95. The van der Waals surface area contributed by atoms with Crippen molar-refractivity contribution >= 4 is 0 Å². The molecule has 0 aromatic rings. The third kappa shape index (κ3) is 3.11. The molecule has 1 rings (SSSR count). The second kappa shape index (κ2) is 5.55. The molecule has 72 valence electrons. The van der Waals surface area contributed by atoms with Gasteiger partial charge in [-0.15, -0.1) is 0 Å². The van der Waals surface area contributed by atoms with E-state index in [-0.39, 0.29) is 0 Å². The number of ether oxygens (including phenoxy) is 1. The molecule has 1 atom stereocenters. The van der Waals surface area contributed by atoms with Crippen LogP contribution in [0.3, 0.4) is 0 Å². The van der Waals surface area contributed by atoms with E-state index in [2.05, 4.69) is 12.2 Å². The van der Waals surface area contributed by atoms with Gasteiger partial charge in [0.25, 0.3) is 0 Å². The van der Waals surface area contributed by atoms with Crippen molar-refractivity contribution < 1.29 is 4.74 Å². The van der Waals surface area contributed by atoms with Gasteiger partial charge in [0, 0.05) is 19.2 Å². The molecule has 0 aliphatic heterocycles. The van der Waals surface area contributed by atoms with Gasteiger partial charge in [-0.05, 0) is 32.6 Å². The van der Waals surface area contributed by atoms with Crippen molar-refractivity contribution in [2.45, 2.75) is 39.2 Å². The largest absolute Gasteiger partial charge is 0.380 e.